The first-order valence-corrected chi connectivity index (χ1v) is 6.29. The van der Waals surface area contributed by atoms with E-state index >= 15 is 0 Å². The van der Waals surface area contributed by atoms with E-state index in [0.29, 0.717) is 5.69 Å². The fourth-order valence-corrected chi connectivity index (χ4v) is 1.74. The highest BCUT2D eigenvalue weighted by molar-refractivity contribution is 5.71. The Morgan fingerprint density at radius 3 is 2.10 bits per heavy atom. The molecule has 0 atom stereocenters. The molecule has 104 valence electrons. The molecule has 0 radical (unpaired) electrons. The summed E-state index contributed by atoms with van der Waals surface area (Å²) in [7, 11) is 0. The van der Waals surface area contributed by atoms with Crippen molar-refractivity contribution in [2.24, 2.45) is 10.2 Å². The number of hydrogen-bond acceptors (Lipinski definition) is 7. The largest absolute Gasteiger partial charge is 0.382 e. The van der Waals surface area contributed by atoms with Gasteiger partial charge < -0.3 is 17.2 Å². The predicted octanol–water partition coefficient (Wildman–Crippen LogP) is 2.59. The maximum atomic E-state index is 5.69. The topological polar surface area (TPSA) is 129 Å². The summed E-state index contributed by atoms with van der Waals surface area (Å²) in [4.78, 5) is 7.59. The van der Waals surface area contributed by atoms with Crippen molar-refractivity contribution in [3.05, 3.63) is 29.8 Å². The molecule has 0 aliphatic rings. The number of hydrogen-bond donors (Lipinski definition) is 3. The number of anilines is 3. The van der Waals surface area contributed by atoms with Crippen LogP contribution in [0.4, 0.5) is 29.0 Å². The van der Waals surface area contributed by atoms with Crippen molar-refractivity contribution in [2.75, 3.05) is 17.2 Å². The van der Waals surface area contributed by atoms with Gasteiger partial charge in [0, 0.05) is 0 Å². The van der Waals surface area contributed by atoms with Crippen LogP contribution in [0, 0.1) is 0 Å². The number of rotatable bonds is 4. The molecule has 0 saturated carbocycles. The van der Waals surface area contributed by atoms with Gasteiger partial charge in [0.15, 0.2) is 17.3 Å². The van der Waals surface area contributed by atoms with Crippen LogP contribution in [-0.4, -0.2) is 9.97 Å². The highest BCUT2D eigenvalue weighted by Gasteiger charge is 2.07. The van der Waals surface area contributed by atoms with Crippen LogP contribution in [0.1, 0.15) is 18.9 Å². The van der Waals surface area contributed by atoms with Gasteiger partial charge >= 0.3 is 0 Å². The first kappa shape index (κ1) is 13.7. The van der Waals surface area contributed by atoms with Crippen LogP contribution >= 0.6 is 0 Å². The zero-order chi connectivity index (χ0) is 14.5. The fraction of sp³-hybridized carbons (Fsp3) is 0.231. The van der Waals surface area contributed by atoms with Crippen LogP contribution in [0.25, 0.3) is 0 Å². The molecule has 1 aromatic carbocycles. The minimum atomic E-state index is 0.0165. The first-order chi connectivity index (χ1) is 9.60. The Bertz CT molecular complexity index is 596. The molecule has 0 bridgehead atoms. The molecule has 7 nitrogen and oxygen atoms in total. The minimum absolute atomic E-state index is 0.0165. The molecule has 0 aliphatic carbocycles. The molecule has 0 spiro atoms. The molecule has 2 rings (SSSR count). The quantitative estimate of drug-likeness (QED) is 0.736. The fourth-order valence-electron chi connectivity index (χ4n) is 1.74. The van der Waals surface area contributed by atoms with Gasteiger partial charge in [-0.2, -0.15) is 15.1 Å². The van der Waals surface area contributed by atoms with E-state index in [1.54, 1.807) is 0 Å². The van der Waals surface area contributed by atoms with E-state index in [4.69, 9.17) is 17.2 Å². The summed E-state index contributed by atoms with van der Waals surface area (Å²) in [5.74, 6) is 0.241. The van der Waals surface area contributed by atoms with Crippen molar-refractivity contribution in [1.29, 1.82) is 0 Å². The van der Waals surface area contributed by atoms with Crippen LogP contribution in [0.15, 0.2) is 34.5 Å². The van der Waals surface area contributed by atoms with E-state index in [1.165, 1.54) is 5.56 Å². The third-order valence-corrected chi connectivity index (χ3v) is 2.70. The van der Waals surface area contributed by atoms with Crippen molar-refractivity contribution in [1.82, 2.24) is 9.97 Å². The van der Waals surface area contributed by atoms with Gasteiger partial charge in [0.05, 0.1) is 5.69 Å². The lowest BCUT2D eigenvalue weighted by Gasteiger charge is -2.02. The molecule has 0 aliphatic heterocycles. The Hall–Kier alpha value is -2.70. The van der Waals surface area contributed by atoms with Crippen molar-refractivity contribution >= 4 is 29.0 Å². The molecule has 0 saturated heterocycles. The second-order valence-corrected chi connectivity index (χ2v) is 4.32. The smallest absolute Gasteiger partial charge is 0.224 e. The SMILES string of the molecule is CCCc1ccc(N=Nc2c(N)nc(N)nc2N)cc1. The second kappa shape index (κ2) is 5.96. The van der Waals surface area contributed by atoms with E-state index in [-0.39, 0.29) is 23.3 Å². The number of nitrogens with two attached hydrogens (primary N) is 3. The van der Waals surface area contributed by atoms with Crippen molar-refractivity contribution in [2.45, 2.75) is 19.8 Å². The van der Waals surface area contributed by atoms with Gasteiger partial charge in [-0.05, 0) is 24.1 Å². The van der Waals surface area contributed by atoms with Crippen molar-refractivity contribution in [3.8, 4) is 0 Å². The van der Waals surface area contributed by atoms with Crippen LogP contribution in [0.2, 0.25) is 0 Å². The molecule has 0 fully saturated rings. The molecule has 20 heavy (non-hydrogen) atoms. The Kier molecular flexibility index (Phi) is 4.09. The molecule has 2 aromatic rings. The number of aromatic nitrogens is 2. The number of nitrogens with zero attached hydrogens (tertiary/aromatic N) is 4. The van der Waals surface area contributed by atoms with Crippen LogP contribution < -0.4 is 17.2 Å². The van der Waals surface area contributed by atoms with E-state index in [2.05, 4.69) is 27.1 Å². The van der Waals surface area contributed by atoms with Gasteiger partial charge in [0.1, 0.15) is 0 Å². The highest BCUT2D eigenvalue weighted by atomic mass is 15.2. The molecule has 0 unspecified atom stereocenters. The van der Waals surface area contributed by atoms with Gasteiger partial charge in [-0.25, -0.2) is 0 Å². The average molecular weight is 271 g/mol. The second-order valence-electron chi connectivity index (χ2n) is 4.32. The molecule has 6 N–H and O–H groups in total. The summed E-state index contributed by atoms with van der Waals surface area (Å²) < 4.78 is 0. The van der Waals surface area contributed by atoms with Gasteiger partial charge in [-0.15, -0.1) is 5.11 Å². The van der Waals surface area contributed by atoms with Gasteiger partial charge in [-0.3, -0.25) is 0 Å². The molecule has 1 aromatic heterocycles. The zero-order valence-electron chi connectivity index (χ0n) is 11.2. The molecule has 7 heteroatoms. The van der Waals surface area contributed by atoms with Gasteiger partial charge in [0.25, 0.3) is 0 Å². The molecular formula is C13H17N7. The summed E-state index contributed by atoms with van der Waals surface area (Å²) in [6.45, 7) is 2.14. The molecular weight excluding hydrogens is 254 g/mol. The third-order valence-electron chi connectivity index (χ3n) is 2.70. The Morgan fingerprint density at radius 1 is 0.950 bits per heavy atom. The maximum absolute atomic E-state index is 5.69. The minimum Gasteiger partial charge on any atom is -0.382 e. The van der Waals surface area contributed by atoms with Crippen molar-refractivity contribution < 1.29 is 0 Å². The number of aryl methyl sites for hydroxylation is 1. The average Bonchev–Trinajstić information content (AvgIpc) is 2.39. The Balaban J connectivity index is 2.21. The summed E-state index contributed by atoms with van der Waals surface area (Å²) in [5.41, 5.74) is 19.0. The normalized spacial score (nSPS) is 11.1. The van der Waals surface area contributed by atoms with E-state index in [0.717, 1.165) is 12.8 Å². The van der Waals surface area contributed by atoms with E-state index < -0.39 is 0 Å². The zero-order valence-corrected chi connectivity index (χ0v) is 11.2. The van der Waals surface area contributed by atoms with E-state index in [9.17, 15) is 0 Å². The summed E-state index contributed by atoms with van der Waals surface area (Å²) in [5, 5.41) is 8.06. The lowest BCUT2D eigenvalue weighted by molar-refractivity contribution is 0.922. The Morgan fingerprint density at radius 2 is 1.55 bits per heavy atom. The summed E-state index contributed by atoms with van der Waals surface area (Å²) >= 11 is 0. The maximum Gasteiger partial charge on any atom is 0.224 e. The Labute approximate surface area is 116 Å². The molecule has 0 amide bonds. The number of azo groups is 1. The van der Waals surface area contributed by atoms with Crippen molar-refractivity contribution in [3.63, 3.8) is 0 Å². The van der Waals surface area contributed by atoms with Crippen LogP contribution in [0.5, 0.6) is 0 Å². The predicted molar refractivity (Wildman–Crippen MR) is 79.9 cm³/mol. The first-order valence-electron chi connectivity index (χ1n) is 6.29. The van der Waals surface area contributed by atoms with Gasteiger partial charge in [-0.1, -0.05) is 25.5 Å². The number of benzene rings is 1. The number of nitrogen functional groups attached to an aromatic ring is 3. The standard InChI is InChI=1S/C13H17N7/c1-2-3-8-4-6-9(7-5-8)19-20-10-11(14)17-13(16)18-12(10)15/h4-7H,2-3H2,1H3,(H6,14,15,16,17,18). The lowest BCUT2D eigenvalue weighted by atomic mass is 10.1. The molecule has 1 heterocycles. The summed E-state index contributed by atoms with van der Waals surface area (Å²) in [6, 6.07) is 7.81. The highest BCUT2D eigenvalue weighted by Crippen LogP contribution is 2.28. The lowest BCUT2D eigenvalue weighted by Crippen LogP contribution is -2.03. The summed E-state index contributed by atoms with van der Waals surface area (Å²) in [6.07, 6.45) is 2.15. The van der Waals surface area contributed by atoms with Crippen LogP contribution in [-0.2, 0) is 6.42 Å². The third kappa shape index (κ3) is 3.19. The van der Waals surface area contributed by atoms with Gasteiger partial charge in [0.2, 0.25) is 5.95 Å². The van der Waals surface area contributed by atoms with E-state index in [1.807, 2.05) is 24.3 Å². The van der Waals surface area contributed by atoms with Crippen LogP contribution in [0.3, 0.4) is 0 Å². The monoisotopic (exact) mass is 271 g/mol.